The monoisotopic (exact) mass is 138 g/mol. The molecule has 0 unspecified atom stereocenters. The van der Waals surface area contributed by atoms with Crippen molar-refractivity contribution in [2.75, 3.05) is 0 Å². The van der Waals surface area contributed by atoms with E-state index in [-0.39, 0.29) is 0 Å². The van der Waals surface area contributed by atoms with Crippen LogP contribution in [-0.2, 0) is 4.79 Å². The highest BCUT2D eigenvalue weighted by Gasteiger charge is 2.39. The maximum Gasteiger partial charge on any atom is 0.120 e. The van der Waals surface area contributed by atoms with Crippen LogP contribution < -0.4 is 0 Å². The average Bonchev–Trinajstić information content (AvgIpc) is 2.59. The van der Waals surface area contributed by atoms with Crippen LogP contribution in [0.25, 0.3) is 0 Å². The molecule has 0 aromatic rings. The SMILES string of the molecule is O=CCC1CC(C2CC2)C1. The summed E-state index contributed by atoms with van der Waals surface area (Å²) >= 11 is 0. The predicted molar refractivity (Wildman–Crippen MR) is 39.6 cm³/mol. The van der Waals surface area contributed by atoms with Crippen molar-refractivity contribution in [1.29, 1.82) is 0 Å². The van der Waals surface area contributed by atoms with Gasteiger partial charge in [-0.25, -0.2) is 0 Å². The Bertz CT molecular complexity index is 132. The fourth-order valence-corrected chi connectivity index (χ4v) is 2.07. The first kappa shape index (κ1) is 6.38. The lowest BCUT2D eigenvalue weighted by molar-refractivity contribution is -0.109. The number of rotatable bonds is 3. The van der Waals surface area contributed by atoms with Gasteiger partial charge in [0, 0.05) is 6.42 Å². The van der Waals surface area contributed by atoms with Crippen LogP contribution in [0, 0.1) is 17.8 Å². The van der Waals surface area contributed by atoms with Gasteiger partial charge in [0.15, 0.2) is 0 Å². The number of carbonyl (C=O) groups excluding carboxylic acids is 1. The molecule has 1 nitrogen and oxygen atoms in total. The second-order valence-corrected chi connectivity index (χ2v) is 3.84. The maximum absolute atomic E-state index is 10.1. The molecule has 0 saturated heterocycles. The lowest BCUT2D eigenvalue weighted by Gasteiger charge is -2.34. The van der Waals surface area contributed by atoms with Crippen LogP contribution in [0.2, 0.25) is 0 Å². The summed E-state index contributed by atoms with van der Waals surface area (Å²) in [6.45, 7) is 0. The van der Waals surface area contributed by atoms with Gasteiger partial charge in [-0.05, 0) is 43.4 Å². The van der Waals surface area contributed by atoms with E-state index in [1.165, 1.54) is 25.7 Å². The third-order valence-electron chi connectivity index (χ3n) is 2.99. The van der Waals surface area contributed by atoms with E-state index >= 15 is 0 Å². The van der Waals surface area contributed by atoms with E-state index in [2.05, 4.69) is 0 Å². The summed E-state index contributed by atoms with van der Waals surface area (Å²) in [4.78, 5) is 10.1. The minimum Gasteiger partial charge on any atom is -0.303 e. The number of hydrogen-bond acceptors (Lipinski definition) is 1. The maximum atomic E-state index is 10.1. The van der Waals surface area contributed by atoms with Crippen LogP contribution in [0.5, 0.6) is 0 Å². The largest absolute Gasteiger partial charge is 0.303 e. The minimum atomic E-state index is 0.767. The fourth-order valence-electron chi connectivity index (χ4n) is 2.07. The van der Waals surface area contributed by atoms with Crippen LogP contribution in [0.1, 0.15) is 32.1 Å². The number of aldehydes is 1. The van der Waals surface area contributed by atoms with E-state index in [4.69, 9.17) is 0 Å². The van der Waals surface area contributed by atoms with E-state index < -0.39 is 0 Å². The van der Waals surface area contributed by atoms with E-state index in [0.29, 0.717) is 0 Å². The van der Waals surface area contributed by atoms with Gasteiger partial charge in [0.25, 0.3) is 0 Å². The van der Waals surface area contributed by atoms with Crippen molar-refractivity contribution in [2.24, 2.45) is 17.8 Å². The van der Waals surface area contributed by atoms with Gasteiger partial charge in [0.1, 0.15) is 6.29 Å². The molecule has 0 atom stereocenters. The van der Waals surface area contributed by atoms with E-state index in [9.17, 15) is 4.79 Å². The summed E-state index contributed by atoms with van der Waals surface area (Å²) < 4.78 is 0. The zero-order valence-corrected chi connectivity index (χ0v) is 6.25. The van der Waals surface area contributed by atoms with Crippen molar-refractivity contribution in [3.05, 3.63) is 0 Å². The van der Waals surface area contributed by atoms with E-state index in [1.54, 1.807) is 0 Å². The van der Waals surface area contributed by atoms with Crippen LogP contribution in [-0.4, -0.2) is 6.29 Å². The molecular formula is C9H14O. The van der Waals surface area contributed by atoms with Gasteiger partial charge in [0.2, 0.25) is 0 Å². The standard InChI is InChI=1S/C9H14O/c10-4-3-7-5-9(6-7)8-1-2-8/h4,7-9H,1-3,5-6H2. The summed E-state index contributed by atoms with van der Waals surface area (Å²) in [5, 5.41) is 0. The molecule has 0 radical (unpaired) electrons. The van der Waals surface area contributed by atoms with Crippen LogP contribution in [0.3, 0.4) is 0 Å². The van der Waals surface area contributed by atoms with Gasteiger partial charge in [-0.15, -0.1) is 0 Å². The summed E-state index contributed by atoms with van der Waals surface area (Å²) in [7, 11) is 0. The van der Waals surface area contributed by atoms with Gasteiger partial charge in [-0.3, -0.25) is 0 Å². The highest BCUT2D eigenvalue weighted by atomic mass is 16.1. The molecule has 0 amide bonds. The van der Waals surface area contributed by atoms with Crippen molar-refractivity contribution in [2.45, 2.75) is 32.1 Å². The van der Waals surface area contributed by atoms with Crippen molar-refractivity contribution in [3.63, 3.8) is 0 Å². The summed E-state index contributed by atoms with van der Waals surface area (Å²) in [5.41, 5.74) is 0. The third-order valence-corrected chi connectivity index (χ3v) is 2.99. The third kappa shape index (κ3) is 1.09. The molecule has 1 heteroatoms. The molecule has 2 fully saturated rings. The molecule has 0 heterocycles. The second kappa shape index (κ2) is 2.37. The summed E-state index contributed by atoms with van der Waals surface area (Å²) in [5.74, 6) is 2.86. The first-order valence-corrected chi connectivity index (χ1v) is 4.34. The molecule has 2 aliphatic rings. The Morgan fingerprint density at radius 2 is 1.90 bits per heavy atom. The van der Waals surface area contributed by atoms with Gasteiger partial charge < -0.3 is 4.79 Å². The zero-order valence-electron chi connectivity index (χ0n) is 6.25. The molecule has 0 spiro atoms. The van der Waals surface area contributed by atoms with Crippen LogP contribution >= 0.6 is 0 Å². The molecular weight excluding hydrogens is 124 g/mol. The van der Waals surface area contributed by atoms with Gasteiger partial charge in [-0.2, -0.15) is 0 Å². The predicted octanol–water partition coefficient (Wildman–Crippen LogP) is 2.01. The Hall–Kier alpha value is -0.330. The molecule has 0 N–H and O–H groups in total. The molecule has 10 heavy (non-hydrogen) atoms. The Morgan fingerprint density at radius 3 is 2.40 bits per heavy atom. The minimum absolute atomic E-state index is 0.767. The van der Waals surface area contributed by atoms with Crippen molar-refractivity contribution in [1.82, 2.24) is 0 Å². The number of carbonyl (C=O) groups is 1. The second-order valence-electron chi connectivity index (χ2n) is 3.84. The first-order valence-electron chi connectivity index (χ1n) is 4.34. The Balaban J connectivity index is 1.67. The molecule has 0 bridgehead atoms. The Morgan fingerprint density at radius 1 is 1.20 bits per heavy atom. The lowest BCUT2D eigenvalue weighted by Crippen LogP contribution is -2.25. The molecule has 2 saturated carbocycles. The van der Waals surface area contributed by atoms with Crippen molar-refractivity contribution in [3.8, 4) is 0 Å². The van der Waals surface area contributed by atoms with E-state index in [1.807, 2.05) is 0 Å². The Kier molecular flexibility index (Phi) is 1.51. The fraction of sp³-hybridized carbons (Fsp3) is 0.889. The number of hydrogen-bond donors (Lipinski definition) is 0. The molecule has 0 aromatic carbocycles. The van der Waals surface area contributed by atoms with Crippen molar-refractivity contribution >= 4 is 6.29 Å². The topological polar surface area (TPSA) is 17.1 Å². The first-order chi connectivity index (χ1) is 4.90. The van der Waals surface area contributed by atoms with Crippen LogP contribution in [0.4, 0.5) is 0 Å². The normalized spacial score (nSPS) is 38.8. The molecule has 0 aromatic heterocycles. The van der Waals surface area contributed by atoms with Crippen LogP contribution in [0.15, 0.2) is 0 Å². The van der Waals surface area contributed by atoms with Gasteiger partial charge in [-0.1, -0.05) is 0 Å². The highest BCUT2D eigenvalue weighted by molar-refractivity contribution is 5.49. The quantitative estimate of drug-likeness (QED) is 0.545. The Labute approximate surface area is 61.8 Å². The van der Waals surface area contributed by atoms with Crippen molar-refractivity contribution < 1.29 is 4.79 Å². The van der Waals surface area contributed by atoms with Gasteiger partial charge in [0.05, 0.1) is 0 Å². The smallest absolute Gasteiger partial charge is 0.120 e. The summed E-state index contributed by atoms with van der Waals surface area (Å²) in [6, 6.07) is 0. The lowest BCUT2D eigenvalue weighted by atomic mass is 9.71. The zero-order chi connectivity index (χ0) is 6.97. The molecule has 2 aliphatic carbocycles. The molecule has 2 rings (SSSR count). The highest BCUT2D eigenvalue weighted by Crippen LogP contribution is 2.50. The summed E-state index contributed by atoms with van der Waals surface area (Å²) in [6.07, 6.45) is 7.54. The van der Waals surface area contributed by atoms with E-state index in [0.717, 1.165) is 30.5 Å². The average molecular weight is 138 g/mol. The molecule has 56 valence electrons. The van der Waals surface area contributed by atoms with Gasteiger partial charge >= 0.3 is 0 Å². The molecule has 0 aliphatic heterocycles.